The second-order valence-electron chi connectivity index (χ2n) is 5.47. The van der Waals surface area contributed by atoms with E-state index in [-0.39, 0.29) is 30.9 Å². The molecule has 0 atom stereocenters. The Bertz CT molecular complexity index is 801. The zero-order valence-corrected chi connectivity index (χ0v) is 14.0. The smallest absolute Gasteiger partial charge is 0.383 e. The number of aromatic nitrogens is 2. The Kier molecular flexibility index (Phi) is 6.51. The summed E-state index contributed by atoms with van der Waals surface area (Å²) in [5.41, 5.74) is -0.319. The summed E-state index contributed by atoms with van der Waals surface area (Å²) in [5, 5.41) is 6.59. The third-order valence-corrected chi connectivity index (χ3v) is 3.59. The number of rotatable bonds is 7. The van der Waals surface area contributed by atoms with Gasteiger partial charge in [-0.3, -0.25) is 9.59 Å². The van der Waals surface area contributed by atoms with Crippen molar-refractivity contribution in [2.24, 2.45) is 0 Å². The topological polar surface area (TPSA) is 73.2 Å². The van der Waals surface area contributed by atoms with Gasteiger partial charge in [0.25, 0.3) is 11.5 Å². The van der Waals surface area contributed by atoms with Crippen LogP contribution in [0.4, 0.5) is 13.2 Å². The summed E-state index contributed by atoms with van der Waals surface area (Å²) in [7, 11) is 1.49. The van der Waals surface area contributed by atoms with Crippen LogP contribution in [0.3, 0.4) is 0 Å². The molecule has 0 aliphatic heterocycles. The van der Waals surface area contributed by atoms with E-state index in [4.69, 9.17) is 4.74 Å². The Morgan fingerprint density at radius 1 is 1.19 bits per heavy atom. The highest BCUT2D eigenvalue weighted by Gasteiger charge is 2.29. The van der Waals surface area contributed by atoms with E-state index in [1.807, 2.05) is 0 Å². The first-order valence-corrected chi connectivity index (χ1v) is 7.82. The lowest BCUT2D eigenvalue weighted by molar-refractivity contribution is -0.137. The van der Waals surface area contributed by atoms with Crippen LogP contribution in [0.5, 0.6) is 0 Å². The van der Waals surface area contributed by atoms with Gasteiger partial charge in [0.05, 0.1) is 18.7 Å². The molecule has 0 radical (unpaired) electrons. The minimum absolute atomic E-state index is 0.0770. The second-order valence-corrected chi connectivity index (χ2v) is 5.47. The lowest BCUT2D eigenvalue weighted by Crippen LogP contribution is -2.31. The Balaban J connectivity index is 1.91. The molecule has 26 heavy (non-hydrogen) atoms. The number of hydrogen-bond donors (Lipinski definition) is 1. The number of carbonyl (C=O) groups excluding carboxylic acids is 1. The molecule has 140 valence electrons. The molecule has 2 rings (SSSR count). The largest absolute Gasteiger partial charge is 0.416 e. The van der Waals surface area contributed by atoms with Crippen LogP contribution in [0.25, 0.3) is 0 Å². The minimum Gasteiger partial charge on any atom is -0.383 e. The number of halogens is 3. The summed E-state index contributed by atoms with van der Waals surface area (Å²) in [6.45, 7) is 0.733. The van der Waals surface area contributed by atoms with Crippen molar-refractivity contribution >= 4 is 5.91 Å². The second kappa shape index (κ2) is 8.61. The fourth-order valence-corrected chi connectivity index (χ4v) is 2.18. The van der Waals surface area contributed by atoms with E-state index >= 15 is 0 Å². The molecule has 1 heterocycles. The van der Waals surface area contributed by atoms with Crippen LogP contribution in [0, 0.1) is 0 Å². The Labute approximate surface area is 147 Å². The molecule has 1 N–H and O–H groups in total. The monoisotopic (exact) mass is 369 g/mol. The number of nitrogens with zero attached hydrogens (tertiary/aromatic N) is 2. The fourth-order valence-electron chi connectivity index (χ4n) is 2.18. The summed E-state index contributed by atoms with van der Waals surface area (Å²) < 4.78 is 43.5. The lowest BCUT2D eigenvalue weighted by atomic mass is 10.1. The summed E-state index contributed by atoms with van der Waals surface area (Å²) in [6.07, 6.45) is -4.00. The third-order valence-electron chi connectivity index (χ3n) is 3.59. The molecule has 0 spiro atoms. The highest BCUT2D eigenvalue weighted by molar-refractivity contribution is 5.91. The van der Waals surface area contributed by atoms with Gasteiger partial charge in [-0.25, -0.2) is 4.68 Å². The van der Waals surface area contributed by atoms with Crippen LogP contribution >= 0.6 is 0 Å². The van der Waals surface area contributed by atoms with Crippen LogP contribution in [-0.2, 0) is 23.9 Å². The third kappa shape index (κ3) is 5.41. The molecule has 1 aromatic heterocycles. The number of alkyl halides is 3. The van der Waals surface area contributed by atoms with Crippen molar-refractivity contribution in [3.05, 3.63) is 63.6 Å². The van der Waals surface area contributed by atoms with Crippen LogP contribution in [-0.4, -0.2) is 35.9 Å². The predicted molar refractivity (Wildman–Crippen MR) is 87.9 cm³/mol. The average Bonchev–Trinajstić information content (AvgIpc) is 2.60. The Hall–Kier alpha value is -2.68. The first kappa shape index (κ1) is 19.6. The molecule has 1 amide bonds. The number of ether oxygens (including phenoxy) is 1. The van der Waals surface area contributed by atoms with Crippen molar-refractivity contribution in [1.82, 2.24) is 15.1 Å². The van der Waals surface area contributed by atoms with E-state index in [2.05, 4.69) is 10.4 Å². The molecule has 0 saturated carbocycles. The molecule has 0 unspecified atom stereocenters. The number of methoxy groups -OCH3 is 1. The molecule has 9 heteroatoms. The molecule has 0 aliphatic carbocycles. The average molecular weight is 369 g/mol. The van der Waals surface area contributed by atoms with Crippen LogP contribution < -0.4 is 10.9 Å². The van der Waals surface area contributed by atoms with Crippen molar-refractivity contribution in [3.8, 4) is 0 Å². The predicted octanol–water partition coefficient (Wildman–Crippen LogP) is 1.88. The highest BCUT2D eigenvalue weighted by Crippen LogP contribution is 2.29. The van der Waals surface area contributed by atoms with Gasteiger partial charge in [-0.05, 0) is 30.2 Å². The van der Waals surface area contributed by atoms with E-state index in [0.29, 0.717) is 12.0 Å². The molecular weight excluding hydrogens is 351 g/mol. The number of amides is 1. The minimum atomic E-state index is -4.37. The molecule has 1 aromatic carbocycles. The van der Waals surface area contributed by atoms with Crippen molar-refractivity contribution in [3.63, 3.8) is 0 Å². The van der Waals surface area contributed by atoms with Gasteiger partial charge in [0, 0.05) is 19.7 Å². The summed E-state index contributed by atoms with van der Waals surface area (Å²) >= 11 is 0. The number of carbonyl (C=O) groups is 1. The van der Waals surface area contributed by atoms with Crippen LogP contribution in [0.1, 0.15) is 21.6 Å². The SMILES string of the molecule is COCCn1nc(C(=O)NCCc2ccc(C(F)(F)F)cc2)ccc1=O. The van der Waals surface area contributed by atoms with Crippen molar-refractivity contribution in [2.75, 3.05) is 20.3 Å². The lowest BCUT2D eigenvalue weighted by Gasteiger charge is -2.09. The van der Waals surface area contributed by atoms with Gasteiger partial charge in [0.15, 0.2) is 0 Å². The Morgan fingerprint density at radius 2 is 1.88 bits per heavy atom. The maximum Gasteiger partial charge on any atom is 0.416 e. The molecule has 0 bridgehead atoms. The first-order chi connectivity index (χ1) is 12.3. The maximum absolute atomic E-state index is 12.5. The van der Waals surface area contributed by atoms with Gasteiger partial charge in [-0.1, -0.05) is 12.1 Å². The number of nitrogens with one attached hydrogen (secondary N) is 1. The van der Waals surface area contributed by atoms with Gasteiger partial charge in [-0.2, -0.15) is 18.3 Å². The summed E-state index contributed by atoms with van der Waals surface area (Å²) in [5.74, 6) is -0.469. The molecule has 0 aliphatic rings. The molecule has 6 nitrogen and oxygen atoms in total. The van der Waals surface area contributed by atoms with E-state index < -0.39 is 17.6 Å². The summed E-state index contributed by atoms with van der Waals surface area (Å²) in [6, 6.07) is 7.32. The van der Waals surface area contributed by atoms with Crippen LogP contribution in [0.2, 0.25) is 0 Å². The van der Waals surface area contributed by atoms with E-state index in [1.54, 1.807) is 0 Å². The standard InChI is InChI=1S/C17H18F3N3O3/c1-26-11-10-23-15(24)7-6-14(22-23)16(25)21-9-8-12-2-4-13(5-3-12)17(18,19)20/h2-7H,8-11H2,1H3,(H,21,25). The van der Waals surface area contributed by atoms with Gasteiger partial charge in [-0.15, -0.1) is 0 Å². The van der Waals surface area contributed by atoms with Gasteiger partial charge >= 0.3 is 6.18 Å². The zero-order valence-electron chi connectivity index (χ0n) is 14.0. The van der Waals surface area contributed by atoms with Crippen LogP contribution in [0.15, 0.2) is 41.2 Å². The molecule has 0 fully saturated rings. The Morgan fingerprint density at radius 3 is 2.50 bits per heavy atom. The molecule has 0 saturated heterocycles. The van der Waals surface area contributed by atoms with E-state index in [0.717, 1.165) is 16.8 Å². The number of hydrogen-bond acceptors (Lipinski definition) is 4. The van der Waals surface area contributed by atoms with Gasteiger partial charge < -0.3 is 10.1 Å². The normalized spacial score (nSPS) is 11.4. The van der Waals surface area contributed by atoms with Crippen molar-refractivity contribution in [1.29, 1.82) is 0 Å². The zero-order chi connectivity index (χ0) is 19.2. The highest BCUT2D eigenvalue weighted by atomic mass is 19.4. The van der Waals surface area contributed by atoms with Crippen molar-refractivity contribution in [2.45, 2.75) is 19.1 Å². The molecular formula is C17H18F3N3O3. The maximum atomic E-state index is 12.5. The van der Waals surface area contributed by atoms with Gasteiger partial charge in [0.1, 0.15) is 5.69 Å². The molecule has 2 aromatic rings. The van der Waals surface area contributed by atoms with E-state index in [9.17, 15) is 22.8 Å². The first-order valence-electron chi connectivity index (χ1n) is 7.82. The quantitative estimate of drug-likeness (QED) is 0.809. The van der Waals surface area contributed by atoms with E-state index in [1.165, 1.54) is 31.4 Å². The number of benzene rings is 1. The fraction of sp³-hybridized carbons (Fsp3) is 0.353. The van der Waals surface area contributed by atoms with Gasteiger partial charge in [0.2, 0.25) is 0 Å². The van der Waals surface area contributed by atoms with Crippen molar-refractivity contribution < 1.29 is 22.7 Å². The summed E-state index contributed by atoms with van der Waals surface area (Å²) in [4.78, 5) is 23.7.